The van der Waals surface area contributed by atoms with Gasteiger partial charge in [-0.25, -0.2) is 0 Å². The largest absolute Gasteiger partial charge is 0.508 e. The van der Waals surface area contributed by atoms with Crippen molar-refractivity contribution in [1.29, 1.82) is 0 Å². The predicted octanol–water partition coefficient (Wildman–Crippen LogP) is 6.07. The van der Waals surface area contributed by atoms with Crippen molar-refractivity contribution in [3.8, 4) is 63.1 Å². The van der Waals surface area contributed by atoms with Gasteiger partial charge in [0, 0.05) is 42.2 Å². The van der Waals surface area contributed by atoms with Crippen LogP contribution in [0.3, 0.4) is 0 Å². The van der Waals surface area contributed by atoms with Crippen molar-refractivity contribution in [2.75, 3.05) is 7.11 Å². The molecule has 13 nitrogen and oxygen atoms in total. The van der Waals surface area contributed by atoms with Gasteiger partial charge in [-0.05, 0) is 75.7 Å². The zero-order chi connectivity index (χ0) is 38.6. The summed E-state index contributed by atoms with van der Waals surface area (Å²) in [7, 11) is 1.56. The highest BCUT2D eigenvalue weighted by Gasteiger charge is 2.36. The number of hydrogen-bond acceptors (Lipinski definition) is 13. The first-order valence-electron chi connectivity index (χ1n) is 16.5. The molecule has 0 radical (unpaired) electrons. The molecule has 7 rings (SSSR count). The fourth-order valence-corrected chi connectivity index (χ4v) is 6.16. The van der Waals surface area contributed by atoms with Crippen LogP contribution in [0.2, 0.25) is 0 Å². The third-order valence-electron chi connectivity index (χ3n) is 9.06. The minimum Gasteiger partial charge on any atom is -0.508 e. The number of methoxy groups -OCH3 is 1. The Bertz CT molecular complexity index is 2370. The molecule has 4 aromatic carbocycles. The molecule has 0 amide bonds. The molecule has 2 aliphatic heterocycles. The number of hydrogen-bond donors (Lipinski definition) is 7. The Morgan fingerprint density at radius 3 is 2.28 bits per heavy atom. The van der Waals surface area contributed by atoms with Crippen LogP contribution >= 0.6 is 0 Å². The molecule has 7 N–H and O–H groups in total. The Kier molecular flexibility index (Phi) is 9.17. The molecule has 1 aromatic heterocycles. The predicted molar refractivity (Wildman–Crippen MR) is 194 cm³/mol. The summed E-state index contributed by atoms with van der Waals surface area (Å²) in [5.41, 5.74) is 0.330. The molecule has 5 aromatic rings. The van der Waals surface area contributed by atoms with Crippen molar-refractivity contribution in [3.63, 3.8) is 0 Å². The maximum atomic E-state index is 13.1. The van der Waals surface area contributed by atoms with Crippen molar-refractivity contribution in [2.45, 2.75) is 57.8 Å². The monoisotopic (exact) mass is 726 g/mol. The van der Waals surface area contributed by atoms with Crippen LogP contribution in [0.25, 0.3) is 28.4 Å². The molecule has 1 unspecified atom stereocenters. The summed E-state index contributed by atoms with van der Waals surface area (Å²) in [4.78, 5) is 25.2. The van der Waals surface area contributed by atoms with Gasteiger partial charge in [0.15, 0.2) is 23.0 Å². The number of carbonyl (C=O) groups excluding carboxylic acids is 1. The lowest BCUT2D eigenvalue weighted by molar-refractivity contribution is -0.0412. The molecule has 0 fully saturated rings. The highest BCUT2D eigenvalue weighted by molar-refractivity contribution is 6.01. The van der Waals surface area contributed by atoms with E-state index in [1.54, 1.807) is 27.0 Å². The molecule has 0 spiro atoms. The van der Waals surface area contributed by atoms with Crippen LogP contribution in [-0.2, 0) is 12.8 Å². The van der Waals surface area contributed by atoms with E-state index < -0.39 is 40.0 Å². The van der Waals surface area contributed by atoms with Crippen molar-refractivity contribution < 1.29 is 59.2 Å². The Hall–Kier alpha value is -6.34. The number of benzene rings is 4. The standard InChI is InChI=1S/C25H28O6.C15H10O7/c1-24(2)9-8-16-20(30-24)7-6-14(23(16)29-5)11-18(26)17-10-15-12-22(28)25(3,4)31-21(15)13-19(17)27;16-7-4-10(19)12-11(5-7)22-15(14(21)13(12)20)6-1-2-8(17)9(18)3-6/h6-10,13,22,27-28H,11-12H2,1-5H3;1-5,16-19,21H. The second-order valence-electron chi connectivity index (χ2n) is 13.9. The van der Waals surface area contributed by atoms with Crippen LogP contribution in [0.4, 0.5) is 0 Å². The Morgan fingerprint density at radius 2 is 1.58 bits per heavy atom. The Balaban J connectivity index is 0.000000192. The van der Waals surface area contributed by atoms with Crippen molar-refractivity contribution in [2.24, 2.45) is 0 Å². The summed E-state index contributed by atoms with van der Waals surface area (Å²) in [6.45, 7) is 7.52. The van der Waals surface area contributed by atoms with Gasteiger partial charge in [-0.15, -0.1) is 0 Å². The zero-order valence-electron chi connectivity index (χ0n) is 29.4. The maximum Gasteiger partial charge on any atom is 0.238 e. The summed E-state index contributed by atoms with van der Waals surface area (Å²) >= 11 is 0. The van der Waals surface area contributed by atoms with E-state index in [1.165, 1.54) is 12.1 Å². The summed E-state index contributed by atoms with van der Waals surface area (Å²) in [5, 5.41) is 68.5. The van der Waals surface area contributed by atoms with Gasteiger partial charge in [0.05, 0.1) is 24.3 Å². The van der Waals surface area contributed by atoms with Gasteiger partial charge in [-0.3, -0.25) is 9.59 Å². The molecule has 1 atom stereocenters. The maximum absolute atomic E-state index is 13.1. The lowest BCUT2D eigenvalue weighted by atomic mass is 9.89. The Labute approximate surface area is 302 Å². The first kappa shape index (κ1) is 36.5. The van der Waals surface area contributed by atoms with Gasteiger partial charge in [-0.2, -0.15) is 0 Å². The van der Waals surface area contributed by atoms with Gasteiger partial charge in [0.25, 0.3) is 0 Å². The number of carbonyl (C=O) groups is 1. The van der Waals surface area contributed by atoms with Crippen molar-refractivity contribution >= 4 is 22.8 Å². The first-order valence-corrected chi connectivity index (χ1v) is 16.5. The number of aromatic hydroxyl groups is 6. The van der Waals surface area contributed by atoms with Gasteiger partial charge in [0.1, 0.15) is 56.7 Å². The van der Waals surface area contributed by atoms with E-state index in [2.05, 4.69) is 0 Å². The molecule has 2 aliphatic rings. The molecule has 0 saturated carbocycles. The third-order valence-corrected chi connectivity index (χ3v) is 9.06. The Morgan fingerprint density at radius 1 is 0.849 bits per heavy atom. The van der Waals surface area contributed by atoms with E-state index in [9.17, 15) is 45.3 Å². The second-order valence-corrected chi connectivity index (χ2v) is 13.9. The molecule has 53 heavy (non-hydrogen) atoms. The highest BCUT2D eigenvalue weighted by atomic mass is 16.5. The van der Waals surface area contributed by atoms with E-state index >= 15 is 0 Å². The fraction of sp³-hybridized carbons (Fsp3) is 0.250. The smallest absolute Gasteiger partial charge is 0.238 e. The second kappa shape index (κ2) is 13.3. The summed E-state index contributed by atoms with van der Waals surface area (Å²) in [6.07, 6.45) is 3.59. The number of aliphatic hydroxyl groups excluding tert-OH is 1. The summed E-state index contributed by atoms with van der Waals surface area (Å²) in [5.74, 6) is -1.34. The molecule has 3 heterocycles. The number of fused-ring (bicyclic) bond motifs is 3. The van der Waals surface area contributed by atoms with E-state index in [4.69, 9.17) is 18.6 Å². The number of ketones is 1. The topological polar surface area (TPSA) is 217 Å². The van der Waals surface area contributed by atoms with Crippen LogP contribution in [0.5, 0.6) is 51.7 Å². The number of ether oxygens (including phenoxy) is 3. The average molecular weight is 727 g/mol. The lowest BCUT2D eigenvalue weighted by Crippen LogP contribution is -2.46. The average Bonchev–Trinajstić information content (AvgIpc) is 3.07. The molecule has 0 saturated heterocycles. The summed E-state index contributed by atoms with van der Waals surface area (Å²) in [6, 6.07) is 12.4. The van der Waals surface area contributed by atoms with E-state index in [0.29, 0.717) is 34.8 Å². The molecule has 13 heteroatoms. The van der Waals surface area contributed by atoms with Crippen molar-refractivity contribution in [3.05, 3.63) is 93.2 Å². The summed E-state index contributed by atoms with van der Waals surface area (Å²) < 4.78 is 22.8. The molecular formula is C40H38O13. The SMILES string of the molecule is COc1c(CC(=O)c2cc3c(cc2O)OC(C)(C)C(O)C3)ccc2c1C=CC(C)(C)O2.O=c1c(O)c(-c2ccc(O)c(O)c2)oc2cc(O)cc(O)c12. The van der Waals surface area contributed by atoms with E-state index in [1.807, 2.05) is 38.1 Å². The van der Waals surface area contributed by atoms with Gasteiger partial charge < -0.3 is 54.4 Å². The number of phenols is 5. The molecule has 0 aliphatic carbocycles. The van der Waals surface area contributed by atoms with E-state index in [0.717, 1.165) is 29.8 Å². The minimum atomic E-state index is -0.888. The third kappa shape index (κ3) is 6.98. The minimum absolute atomic E-state index is 0.0505. The number of aliphatic hydroxyl groups is 1. The zero-order valence-corrected chi connectivity index (χ0v) is 29.4. The van der Waals surface area contributed by atoms with Crippen molar-refractivity contribution in [1.82, 2.24) is 0 Å². The fourth-order valence-electron chi connectivity index (χ4n) is 6.16. The van der Waals surface area contributed by atoms with Crippen LogP contribution in [0.15, 0.2) is 69.9 Å². The van der Waals surface area contributed by atoms with E-state index in [-0.39, 0.29) is 57.3 Å². The van der Waals surface area contributed by atoms with Crippen LogP contribution < -0.4 is 19.6 Å². The van der Waals surface area contributed by atoms with Gasteiger partial charge in [-0.1, -0.05) is 6.07 Å². The van der Waals surface area contributed by atoms with Crippen LogP contribution in [0, 0.1) is 0 Å². The number of Topliss-reactive ketones (excluding diaryl/α,β-unsaturated/α-hetero) is 1. The normalized spacial score (nSPS) is 16.3. The number of phenolic OH excluding ortho intramolecular Hbond substituents is 5. The number of rotatable bonds is 5. The first-order chi connectivity index (χ1) is 24.9. The molecular weight excluding hydrogens is 688 g/mol. The lowest BCUT2D eigenvalue weighted by Gasteiger charge is -2.37. The molecule has 276 valence electrons. The molecule has 0 bridgehead atoms. The van der Waals surface area contributed by atoms with Gasteiger partial charge >= 0.3 is 0 Å². The quantitative estimate of drug-likeness (QED) is 0.0809. The van der Waals surface area contributed by atoms with Crippen LogP contribution in [-0.4, -0.2) is 65.9 Å². The van der Waals surface area contributed by atoms with Crippen LogP contribution in [0.1, 0.15) is 54.7 Å². The van der Waals surface area contributed by atoms with Gasteiger partial charge in [0.2, 0.25) is 11.2 Å². The highest BCUT2D eigenvalue weighted by Crippen LogP contribution is 2.42.